The fraction of sp³-hybridized carbons (Fsp3) is 0.250. The van der Waals surface area contributed by atoms with Crippen LogP contribution in [0.1, 0.15) is 29.0 Å². The molecule has 8 heteroatoms. The molecule has 1 N–H and O–H groups in total. The van der Waals surface area contributed by atoms with Crippen LogP contribution in [0.3, 0.4) is 0 Å². The second kappa shape index (κ2) is 8.76. The summed E-state index contributed by atoms with van der Waals surface area (Å²) in [5.41, 5.74) is 3.53. The first kappa shape index (κ1) is 20.1. The Hall–Kier alpha value is -3.78. The predicted octanol–water partition coefficient (Wildman–Crippen LogP) is 4.28. The molecule has 1 aliphatic rings. The number of hydrogen-bond donors (Lipinski definition) is 1. The first-order chi connectivity index (χ1) is 15.7. The zero-order chi connectivity index (χ0) is 21.9. The highest BCUT2D eigenvalue weighted by Gasteiger charge is 2.22. The van der Waals surface area contributed by atoms with Crippen LogP contribution in [-0.2, 0) is 4.74 Å². The molecule has 1 saturated heterocycles. The Kier molecular flexibility index (Phi) is 5.51. The highest BCUT2D eigenvalue weighted by atomic mass is 16.5. The summed E-state index contributed by atoms with van der Waals surface area (Å²) in [4.78, 5) is 12.5. The molecule has 4 aromatic rings. The molecular formula is C24H22N4O4. The lowest BCUT2D eigenvalue weighted by Gasteiger charge is -2.23. The Balaban J connectivity index is 1.36. The average Bonchev–Trinajstić information content (AvgIpc) is 3.47. The number of nitrogens with zero attached hydrogens (tertiary/aromatic N) is 3. The van der Waals surface area contributed by atoms with Crippen LogP contribution >= 0.6 is 0 Å². The molecule has 0 atom stereocenters. The van der Waals surface area contributed by atoms with E-state index in [1.165, 1.54) is 0 Å². The SMILES string of the molecule is Cc1onc(-c2ccccc2)c1-c1nnc(-c2ccc(C(=O)NC3CCOCC3)cc2)o1. The van der Waals surface area contributed by atoms with Crippen LogP contribution in [0, 0.1) is 6.92 Å². The fourth-order valence-electron chi connectivity index (χ4n) is 3.73. The number of aryl methyl sites for hydroxylation is 1. The first-order valence-electron chi connectivity index (χ1n) is 10.5. The number of amides is 1. The molecule has 8 nitrogen and oxygen atoms in total. The van der Waals surface area contributed by atoms with E-state index in [9.17, 15) is 4.79 Å². The van der Waals surface area contributed by atoms with E-state index in [1.807, 2.05) is 37.3 Å². The van der Waals surface area contributed by atoms with E-state index >= 15 is 0 Å². The molecule has 0 bridgehead atoms. The van der Waals surface area contributed by atoms with E-state index in [1.54, 1.807) is 24.3 Å². The van der Waals surface area contributed by atoms with Crippen LogP contribution in [0.4, 0.5) is 0 Å². The molecule has 2 aromatic carbocycles. The Morgan fingerprint density at radius 3 is 2.41 bits per heavy atom. The van der Waals surface area contributed by atoms with Crippen molar-refractivity contribution >= 4 is 5.91 Å². The molecule has 1 amide bonds. The van der Waals surface area contributed by atoms with Gasteiger partial charge in [0, 0.05) is 35.9 Å². The van der Waals surface area contributed by atoms with Gasteiger partial charge in [-0.25, -0.2) is 0 Å². The number of aromatic nitrogens is 3. The lowest BCUT2D eigenvalue weighted by Crippen LogP contribution is -2.38. The number of rotatable bonds is 5. The zero-order valence-electron chi connectivity index (χ0n) is 17.6. The van der Waals surface area contributed by atoms with Crippen molar-refractivity contribution in [2.24, 2.45) is 0 Å². The molecule has 162 valence electrons. The van der Waals surface area contributed by atoms with Gasteiger partial charge in [0.15, 0.2) is 0 Å². The van der Waals surface area contributed by atoms with Crippen LogP contribution in [0.2, 0.25) is 0 Å². The number of benzene rings is 2. The van der Waals surface area contributed by atoms with Gasteiger partial charge in [-0.2, -0.15) is 0 Å². The van der Waals surface area contributed by atoms with E-state index in [2.05, 4.69) is 20.7 Å². The standard InChI is InChI=1S/C24H22N4O4/c1-15-20(21(28-32-15)16-5-3-2-4-6-16)24-27-26-23(31-24)18-9-7-17(8-10-18)22(29)25-19-11-13-30-14-12-19/h2-10,19H,11-14H2,1H3,(H,25,29). The molecule has 3 heterocycles. The van der Waals surface area contributed by atoms with E-state index in [0.29, 0.717) is 47.6 Å². The molecule has 32 heavy (non-hydrogen) atoms. The van der Waals surface area contributed by atoms with Gasteiger partial charge >= 0.3 is 0 Å². The molecule has 1 aliphatic heterocycles. The monoisotopic (exact) mass is 430 g/mol. The summed E-state index contributed by atoms with van der Waals surface area (Å²) >= 11 is 0. The van der Waals surface area contributed by atoms with Crippen LogP contribution < -0.4 is 5.32 Å². The minimum atomic E-state index is -0.0951. The summed E-state index contributed by atoms with van der Waals surface area (Å²) in [6, 6.07) is 17.0. The summed E-state index contributed by atoms with van der Waals surface area (Å²) in [7, 11) is 0. The Bertz CT molecular complexity index is 1210. The van der Waals surface area contributed by atoms with Gasteiger partial charge in [-0.3, -0.25) is 4.79 Å². The molecular weight excluding hydrogens is 408 g/mol. The second-order valence-electron chi connectivity index (χ2n) is 7.68. The molecule has 2 aromatic heterocycles. The van der Waals surface area contributed by atoms with Crippen molar-refractivity contribution in [3.05, 3.63) is 65.9 Å². The van der Waals surface area contributed by atoms with Crippen molar-refractivity contribution in [1.29, 1.82) is 0 Å². The van der Waals surface area contributed by atoms with Gasteiger partial charge in [0.1, 0.15) is 17.0 Å². The highest BCUT2D eigenvalue weighted by Crippen LogP contribution is 2.34. The Morgan fingerprint density at radius 1 is 0.938 bits per heavy atom. The number of nitrogens with one attached hydrogen (secondary N) is 1. The molecule has 0 unspecified atom stereocenters. The summed E-state index contributed by atoms with van der Waals surface area (Å²) in [5, 5.41) is 15.6. The molecule has 1 fully saturated rings. The van der Waals surface area contributed by atoms with Crippen molar-refractivity contribution in [3.63, 3.8) is 0 Å². The highest BCUT2D eigenvalue weighted by molar-refractivity contribution is 5.94. The van der Waals surface area contributed by atoms with Gasteiger partial charge in [0.25, 0.3) is 11.8 Å². The van der Waals surface area contributed by atoms with Crippen molar-refractivity contribution in [3.8, 4) is 34.2 Å². The molecule has 0 spiro atoms. The maximum atomic E-state index is 12.5. The van der Waals surface area contributed by atoms with Gasteiger partial charge in [0.2, 0.25) is 5.89 Å². The number of hydrogen-bond acceptors (Lipinski definition) is 7. The third-order valence-corrected chi connectivity index (χ3v) is 5.50. The fourth-order valence-corrected chi connectivity index (χ4v) is 3.73. The molecule has 5 rings (SSSR count). The van der Waals surface area contributed by atoms with Crippen LogP contribution in [0.15, 0.2) is 63.5 Å². The average molecular weight is 430 g/mol. The van der Waals surface area contributed by atoms with E-state index in [0.717, 1.165) is 24.0 Å². The number of ether oxygens (including phenoxy) is 1. The van der Waals surface area contributed by atoms with Crippen molar-refractivity contribution < 1.29 is 18.5 Å². The largest absolute Gasteiger partial charge is 0.416 e. The third-order valence-electron chi connectivity index (χ3n) is 5.50. The lowest BCUT2D eigenvalue weighted by atomic mass is 10.1. The van der Waals surface area contributed by atoms with E-state index in [4.69, 9.17) is 13.7 Å². The minimum absolute atomic E-state index is 0.0951. The smallest absolute Gasteiger partial charge is 0.254 e. The van der Waals surface area contributed by atoms with Crippen molar-refractivity contribution in [1.82, 2.24) is 20.7 Å². The minimum Gasteiger partial charge on any atom is -0.416 e. The topological polar surface area (TPSA) is 103 Å². The van der Waals surface area contributed by atoms with E-state index in [-0.39, 0.29) is 11.9 Å². The van der Waals surface area contributed by atoms with E-state index < -0.39 is 0 Å². The molecule has 0 saturated carbocycles. The normalized spacial score (nSPS) is 14.4. The number of carbonyl (C=O) groups is 1. The zero-order valence-corrected chi connectivity index (χ0v) is 17.6. The maximum absolute atomic E-state index is 12.5. The van der Waals surface area contributed by atoms with Crippen molar-refractivity contribution in [2.75, 3.05) is 13.2 Å². The second-order valence-corrected chi connectivity index (χ2v) is 7.68. The van der Waals surface area contributed by atoms with Gasteiger partial charge in [-0.1, -0.05) is 35.5 Å². The summed E-state index contributed by atoms with van der Waals surface area (Å²) in [6.45, 7) is 3.17. The Morgan fingerprint density at radius 2 is 1.66 bits per heavy atom. The summed E-state index contributed by atoms with van der Waals surface area (Å²) in [6.07, 6.45) is 1.67. The van der Waals surface area contributed by atoms with Gasteiger partial charge < -0.3 is 19.0 Å². The van der Waals surface area contributed by atoms with Crippen molar-refractivity contribution in [2.45, 2.75) is 25.8 Å². The third kappa shape index (κ3) is 4.04. The van der Waals surface area contributed by atoms with Crippen LogP contribution in [0.25, 0.3) is 34.2 Å². The summed E-state index contributed by atoms with van der Waals surface area (Å²) in [5.74, 6) is 1.19. The van der Waals surface area contributed by atoms with Gasteiger partial charge in [0.05, 0.1) is 0 Å². The number of carbonyl (C=O) groups excluding carboxylic acids is 1. The van der Waals surface area contributed by atoms with Gasteiger partial charge in [-0.05, 0) is 44.0 Å². The van der Waals surface area contributed by atoms with Crippen LogP contribution in [0.5, 0.6) is 0 Å². The molecule has 0 aliphatic carbocycles. The quantitative estimate of drug-likeness (QED) is 0.504. The van der Waals surface area contributed by atoms with Crippen LogP contribution in [-0.4, -0.2) is 40.5 Å². The maximum Gasteiger partial charge on any atom is 0.254 e. The predicted molar refractivity (Wildman–Crippen MR) is 117 cm³/mol. The Labute approximate surface area is 184 Å². The summed E-state index contributed by atoms with van der Waals surface area (Å²) < 4.78 is 16.7. The first-order valence-corrected chi connectivity index (χ1v) is 10.5. The molecule has 0 radical (unpaired) electrons. The van der Waals surface area contributed by atoms with Gasteiger partial charge in [-0.15, -0.1) is 10.2 Å². The lowest BCUT2D eigenvalue weighted by molar-refractivity contribution is 0.0696.